The molecule has 2 N–H and O–H groups in total. The van der Waals surface area contributed by atoms with Crippen LogP contribution in [0.4, 0.5) is 18.3 Å². The Morgan fingerprint density at radius 3 is 2.87 bits per heavy atom. The zero-order valence-corrected chi connectivity index (χ0v) is 25.8. The number of morpholine rings is 1. The molecule has 1 saturated carbocycles. The van der Waals surface area contributed by atoms with Gasteiger partial charge in [-0.05, 0) is 37.6 Å². The number of aromatic nitrogens is 3. The summed E-state index contributed by atoms with van der Waals surface area (Å²) in [4.78, 5) is 48.1. The van der Waals surface area contributed by atoms with Gasteiger partial charge in [-0.3, -0.25) is 24.0 Å². The van der Waals surface area contributed by atoms with E-state index in [1.54, 1.807) is 0 Å². The van der Waals surface area contributed by atoms with E-state index in [2.05, 4.69) is 27.6 Å². The first-order valence-corrected chi connectivity index (χ1v) is 16.0. The number of carbonyl (C=O) groups excluding carboxylic acids is 3. The Morgan fingerprint density at radius 2 is 2.11 bits per heavy atom. The largest absolute Gasteiger partial charge is 0.373 e. The van der Waals surface area contributed by atoms with Gasteiger partial charge in [0.2, 0.25) is 11.8 Å². The highest BCUT2D eigenvalue weighted by atomic mass is 32.1. The molecule has 3 atom stereocenters. The van der Waals surface area contributed by atoms with Crippen molar-refractivity contribution in [3.63, 3.8) is 0 Å². The molecule has 1 aliphatic carbocycles. The fourth-order valence-corrected chi connectivity index (χ4v) is 7.16. The first-order chi connectivity index (χ1) is 23.5. The third kappa shape index (κ3) is 8.22. The standard InChI is InChI=1S/C30H42F3N7O4S/c1-3-40-22(9-11-35-40)27(42)36-26(20-6-4-19(2)5-7-20)28(43)37-29-34-15-24(45-29)23(17-38-12-13-44-21(14-31)16-38)39-18-30(32,33)10-8-25(39)41/h9,11,15,19-21,23,26H,3-8,10,12-14,16-18H2,1-2H3,(H,36,42)(H,34,37,43)/t19?,20?,21-,23-,26+/m1/s1/i1D3,3D2. The number of hydrogen-bond donors (Lipinski definition) is 2. The van der Waals surface area contributed by atoms with Gasteiger partial charge in [-0.25, -0.2) is 18.2 Å². The van der Waals surface area contributed by atoms with E-state index >= 15 is 0 Å². The number of aryl methyl sites for hydroxylation is 1. The van der Waals surface area contributed by atoms with Crippen molar-refractivity contribution in [3.8, 4) is 0 Å². The molecule has 0 spiro atoms. The van der Waals surface area contributed by atoms with Gasteiger partial charge in [-0.15, -0.1) is 0 Å². The third-order valence-corrected chi connectivity index (χ3v) is 9.81. The van der Waals surface area contributed by atoms with Gasteiger partial charge in [-0.1, -0.05) is 31.1 Å². The van der Waals surface area contributed by atoms with Crippen molar-refractivity contribution in [1.82, 2.24) is 29.9 Å². The molecule has 3 fully saturated rings. The van der Waals surface area contributed by atoms with Crippen molar-refractivity contribution in [2.24, 2.45) is 11.8 Å². The SMILES string of the molecule is [2H]C([2H])([2H])C([2H])([2H])n1nccc1C(=O)N[C@H](C(=O)Nc1ncc([C@@H](CN2CCO[C@H](CF)C2)N2CC(F)(F)CCC2=O)s1)C1CCC(C)CC1. The Balaban J connectivity index is 1.38. The van der Waals surface area contributed by atoms with Crippen LogP contribution in [0.15, 0.2) is 18.5 Å². The van der Waals surface area contributed by atoms with Gasteiger partial charge in [0.1, 0.15) is 18.4 Å². The molecule has 0 radical (unpaired) electrons. The van der Waals surface area contributed by atoms with E-state index in [1.807, 2.05) is 4.90 Å². The monoisotopic (exact) mass is 658 g/mol. The second kappa shape index (κ2) is 14.6. The molecule has 3 amide bonds. The second-order valence-electron chi connectivity index (χ2n) is 12.1. The number of amides is 3. The molecular formula is C30H42F3N7O4S. The highest BCUT2D eigenvalue weighted by molar-refractivity contribution is 7.15. The lowest BCUT2D eigenvalue weighted by Gasteiger charge is -2.41. The predicted molar refractivity (Wildman–Crippen MR) is 162 cm³/mol. The number of hydrogen-bond acceptors (Lipinski definition) is 8. The summed E-state index contributed by atoms with van der Waals surface area (Å²) < 4.78 is 87.5. The molecule has 15 heteroatoms. The van der Waals surface area contributed by atoms with Crippen molar-refractivity contribution >= 4 is 34.2 Å². The van der Waals surface area contributed by atoms with E-state index < -0.39 is 74.8 Å². The fraction of sp³-hybridized carbons (Fsp3) is 0.700. The summed E-state index contributed by atoms with van der Waals surface area (Å²) in [7, 11) is 0. The molecule has 2 aromatic heterocycles. The van der Waals surface area contributed by atoms with Gasteiger partial charge in [0.15, 0.2) is 5.13 Å². The topological polar surface area (TPSA) is 122 Å². The number of thiazole rings is 1. The summed E-state index contributed by atoms with van der Waals surface area (Å²) in [6.07, 6.45) is 3.73. The van der Waals surface area contributed by atoms with Crippen LogP contribution in [0.3, 0.4) is 0 Å². The van der Waals surface area contributed by atoms with Crippen molar-refractivity contribution in [1.29, 1.82) is 0 Å². The lowest BCUT2D eigenvalue weighted by Crippen LogP contribution is -2.52. The molecular weight excluding hydrogens is 611 g/mol. The van der Waals surface area contributed by atoms with Gasteiger partial charge in [0.05, 0.1) is 32.9 Å². The predicted octanol–water partition coefficient (Wildman–Crippen LogP) is 3.89. The number of carbonyl (C=O) groups is 3. The molecule has 2 saturated heterocycles. The molecule has 2 aliphatic heterocycles. The summed E-state index contributed by atoms with van der Waals surface area (Å²) in [5.74, 6) is -4.96. The number of rotatable bonds is 11. The number of nitrogens with one attached hydrogen (secondary N) is 2. The second-order valence-corrected chi connectivity index (χ2v) is 13.1. The summed E-state index contributed by atoms with van der Waals surface area (Å²) in [5.41, 5.74) is -0.381. The van der Waals surface area contributed by atoms with E-state index in [-0.39, 0.29) is 42.9 Å². The van der Waals surface area contributed by atoms with Gasteiger partial charge in [0.25, 0.3) is 11.8 Å². The molecule has 0 bridgehead atoms. The maximum atomic E-state index is 14.6. The van der Waals surface area contributed by atoms with E-state index in [0.29, 0.717) is 34.9 Å². The highest BCUT2D eigenvalue weighted by Gasteiger charge is 2.43. The minimum atomic E-state index is -3.14. The number of alkyl halides is 3. The maximum Gasteiger partial charge on any atom is 0.270 e. The number of piperidine rings is 1. The van der Waals surface area contributed by atoms with E-state index in [4.69, 9.17) is 11.6 Å². The number of anilines is 1. The fourth-order valence-electron chi connectivity index (χ4n) is 6.24. The quantitative estimate of drug-likeness (QED) is 0.376. The van der Waals surface area contributed by atoms with Crippen LogP contribution in [0.2, 0.25) is 0 Å². The number of likely N-dealkylation sites (tertiary alicyclic amines) is 1. The Bertz CT molecular complexity index is 1520. The van der Waals surface area contributed by atoms with Gasteiger partial charge in [-0.2, -0.15) is 5.10 Å². The van der Waals surface area contributed by atoms with Crippen LogP contribution in [0.25, 0.3) is 0 Å². The number of nitrogens with zero attached hydrogens (tertiary/aromatic N) is 5. The Labute approximate surface area is 271 Å². The van der Waals surface area contributed by atoms with Crippen LogP contribution < -0.4 is 10.6 Å². The number of halogens is 3. The van der Waals surface area contributed by atoms with Crippen LogP contribution in [-0.4, -0.2) is 99.8 Å². The molecule has 45 heavy (non-hydrogen) atoms. The molecule has 4 heterocycles. The lowest BCUT2D eigenvalue weighted by atomic mass is 9.79. The van der Waals surface area contributed by atoms with Crippen molar-refractivity contribution < 1.29 is 39.1 Å². The maximum absolute atomic E-state index is 14.6. The smallest absolute Gasteiger partial charge is 0.270 e. The minimum absolute atomic E-state index is 0.0991. The zero-order chi connectivity index (χ0) is 36.4. The third-order valence-electron chi connectivity index (χ3n) is 8.79. The first-order valence-electron chi connectivity index (χ1n) is 17.7. The van der Waals surface area contributed by atoms with Crippen molar-refractivity contribution in [2.75, 3.05) is 44.8 Å². The summed E-state index contributed by atoms with van der Waals surface area (Å²) in [6.45, 7) is -4.60. The molecule has 3 aliphatic rings. The summed E-state index contributed by atoms with van der Waals surface area (Å²) in [5, 5.41) is 9.25. The van der Waals surface area contributed by atoms with Crippen molar-refractivity contribution in [3.05, 3.63) is 29.0 Å². The Kier molecular flexibility index (Phi) is 8.79. The van der Waals surface area contributed by atoms with Crippen molar-refractivity contribution in [2.45, 2.75) is 82.9 Å². The van der Waals surface area contributed by atoms with E-state index in [1.165, 1.54) is 12.3 Å². The molecule has 248 valence electrons. The average Bonchev–Trinajstić information content (AvgIpc) is 3.74. The van der Waals surface area contributed by atoms with Crippen LogP contribution in [0, 0.1) is 11.8 Å². The highest BCUT2D eigenvalue weighted by Crippen LogP contribution is 2.37. The van der Waals surface area contributed by atoms with Gasteiger partial charge >= 0.3 is 0 Å². The first kappa shape index (κ1) is 27.1. The molecule has 2 aromatic rings. The van der Waals surface area contributed by atoms with Gasteiger partial charge in [0, 0.05) is 55.5 Å². The zero-order valence-electron chi connectivity index (χ0n) is 30.0. The molecule has 0 aromatic carbocycles. The van der Waals surface area contributed by atoms with Crippen LogP contribution in [0.1, 0.15) is 80.6 Å². The number of ether oxygens (including phenoxy) is 1. The van der Waals surface area contributed by atoms with Crippen LogP contribution >= 0.6 is 11.3 Å². The Morgan fingerprint density at radius 1 is 1.31 bits per heavy atom. The average molecular weight is 659 g/mol. The minimum Gasteiger partial charge on any atom is -0.373 e. The van der Waals surface area contributed by atoms with E-state index in [0.717, 1.165) is 35.3 Å². The Hall–Kier alpha value is -3.04. The van der Waals surface area contributed by atoms with Crippen LogP contribution in [0.5, 0.6) is 0 Å². The van der Waals surface area contributed by atoms with Gasteiger partial charge < -0.3 is 20.3 Å². The normalized spacial score (nSPS) is 27.7. The molecule has 5 rings (SSSR count). The summed E-state index contributed by atoms with van der Waals surface area (Å²) in [6, 6.07) is -0.813. The van der Waals surface area contributed by atoms with Crippen LogP contribution in [-0.2, 0) is 20.8 Å². The van der Waals surface area contributed by atoms with E-state index in [9.17, 15) is 27.6 Å². The molecule has 0 unspecified atom stereocenters. The summed E-state index contributed by atoms with van der Waals surface area (Å²) >= 11 is 0.997. The molecule has 11 nitrogen and oxygen atoms in total. The lowest BCUT2D eigenvalue weighted by molar-refractivity contribution is -0.152.